The Hall–Kier alpha value is -2.01. The van der Waals surface area contributed by atoms with Gasteiger partial charge in [0.1, 0.15) is 0 Å². The number of aromatic nitrogens is 2. The number of amides is 1. The maximum absolute atomic E-state index is 11.2. The molecule has 2 heterocycles. The largest absolute Gasteiger partial charge is 0.358 e. The highest BCUT2D eigenvalue weighted by molar-refractivity contribution is 5.81. The van der Waals surface area contributed by atoms with Gasteiger partial charge in [0.25, 0.3) is 0 Å². The number of hydrogen-bond donors (Lipinski definition) is 2. The third-order valence-electron chi connectivity index (χ3n) is 3.26. The lowest BCUT2D eigenvalue weighted by Gasteiger charge is -2.19. The number of likely N-dealkylation sites (N-methyl/N-ethyl adjacent to an activating group) is 1. The molecule has 0 aromatic carbocycles. The summed E-state index contributed by atoms with van der Waals surface area (Å²) in [5.74, 6) is -0.0250. The summed E-state index contributed by atoms with van der Waals surface area (Å²) in [4.78, 5) is 20.2. The molecular formula is C16H22N4O. The number of hydrogen-bond acceptors (Lipinski definition) is 4. The maximum atomic E-state index is 11.2. The molecule has 5 nitrogen and oxygen atoms in total. The maximum Gasteiger partial charge on any atom is 0.233 e. The topological polar surface area (TPSA) is 66.9 Å². The van der Waals surface area contributed by atoms with Crippen molar-refractivity contribution in [2.24, 2.45) is 0 Å². The predicted molar refractivity (Wildman–Crippen MR) is 84.0 cm³/mol. The lowest BCUT2D eigenvalue weighted by atomic mass is 9.90. The van der Waals surface area contributed by atoms with E-state index < -0.39 is 0 Å². The van der Waals surface area contributed by atoms with Gasteiger partial charge in [-0.05, 0) is 17.7 Å². The zero-order valence-corrected chi connectivity index (χ0v) is 13.0. The van der Waals surface area contributed by atoms with Crippen LogP contribution in [0.2, 0.25) is 0 Å². The molecule has 0 fully saturated rings. The molecule has 112 valence electrons. The van der Waals surface area contributed by atoms with E-state index in [2.05, 4.69) is 47.4 Å². The van der Waals surface area contributed by atoms with E-state index in [9.17, 15) is 4.79 Å². The van der Waals surface area contributed by atoms with Crippen LogP contribution in [0.5, 0.6) is 0 Å². The zero-order chi connectivity index (χ0) is 15.5. The summed E-state index contributed by atoms with van der Waals surface area (Å²) in [7, 11) is 1.63. The van der Waals surface area contributed by atoms with Crippen LogP contribution < -0.4 is 10.6 Å². The first kappa shape index (κ1) is 15.4. The van der Waals surface area contributed by atoms with Crippen LogP contribution in [-0.4, -0.2) is 29.5 Å². The first-order chi connectivity index (χ1) is 9.91. The fraction of sp³-hybridized carbons (Fsp3) is 0.438. The van der Waals surface area contributed by atoms with Crippen LogP contribution >= 0.6 is 0 Å². The van der Waals surface area contributed by atoms with Crippen molar-refractivity contribution in [1.82, 2.24) is 20.6 Å². The summed E-state index contributed by atoms with van der Waals surface area (Å²) in [5, 5.41) is 6.75. The normalized spacial score (nSPS) is 11.6. The first-order valence-corrected chi connectivity index (χ1v) is 7.07. The molecule has 5 heteroatoms. The van der Waals surface area contributed by atoms with Crippen LogP contribution in [0.15, 0.2) is 24.5 Å². The van der Waals surface area contributed by atoms with Crippen molar-refractivity contribution in [3.8, 4) is 0 Å². The average molecular weight is 286 g/mol. The number of nitrogens with one attached hydrogen (secondary N) is 2. The first-order valence-electron chi connectivity index (χ1n) is 7.07. The third kappa shape index (κ3) is 3.76. The Bertz CT molecular complexity index is 646. The van der Waals surface area contributed by atoms with Crippen LogP contribution in [0, 0.1) is 0 Å². The van der Waals surface area contributed by atoms with E-state index in [1.807, 2.05) is 18.5 Å². The van der Waals surface area contributed by atoms with Gasteiger partial charge in [0.15, 0.2) is 0 Å². The lowest BCUT2D eigenvalue weighted by Crippen LogP contribution is -2.30. The average Bonchev–Trinajstić information content (AvgIpc) is 2.45. The van der Waals surface area contributed by atoms with Crippen molar-refractivity contribution >= 4 is 16.8 Å². The summed E-state index contributed by atoms with van der Waals surface area (Å²) in [6.45, 7) is 7.32. The highest BCUT2D eigenvalue weighted by Crippen LogP contribution is 2.26. The third-order valence-corrected chi connectivity index (χ3v) is 3.26. The lowest BCUT2D eigenvalue weighted by molar-refractivity contribution is -0.119. The molecule has 2 aromatic rings. The van der Waals surface area contributed by atoms with Crippen LogP contribution in [0.1, 0.15) is 32.0 Å². The molecule has 21 heavy (non-hydrogen) atoms. The molecule has 2 aromatic heterocycles. The van der Waals surface area contributed by atoms with Gasteiger partial charge in [0, 0.05) is 36.8 Å². The van der Waals surface area contributed by atoms with Crippen molar-refractivity contribution in [1.29, 1.82) is 0 Å². The standard InChI is InChI=1S/C16H22N4O/c1-16(2,3)15-14-12(5-6-19-15)7-11(9-20-14)8-18-10-13(21)17-4/h5-7,9,18H,8,10H2,1-4H3,(H,17,21). The van der Waals surface area contributed by atoms with Crippen LogP contribution in [0.3, 0.4) is 0 Å². The van der Waals surface area contributed by atoms with Crippen molar-refractivity contribution in [2.75, 3.05) is 13.6 Å². The summed E-state index contributed by atoms with van der Waals surface area (Å²) < 4.78 is 0. The van der Waals surface area contributed by atoms with Gasteiger partial charge in [-0.25, -0.2) is 0 Å². The Morgan fingerprint density at radius 1 is 1.29 bits per heavy atom. The molecular weight excluding hydrogens is 264 g/mol. The molecule has 0 saturated carbocycles. The molecule has 0 unspecified atom stereocenters. The van der Waals surface area contributed by atoms with Crippen molar-refractivity contribution < 1.29 is 4.79 Å². The Morgan fingerprint density at radius 2 is 2.05 bits per heavy atom. The SMILES string of the molecule is CNC(=O)CNCc1cnc2c(C(C)(C)C)nccc2c1. The molecule has 0 atom stereocenters. The predicted octanol–water partition coefficient (Wildman–Crippen LogP) is 1.76. The number of rotatable bonds is 4. The second kappa shape index (κ2) is 6.18. The molecule has 1 amide bonds. The van der Waals surface area contributed by atoms with Gasteiger partial charge >= 0.3 is 0 Å². The monoisotopic (exact) mass is 286 g/mol. The molecule has 0 aliphatic rings. The molecule has 0 spiro atoms. The minimum absolute atomic E-state index is 0.0250. The van der Waals surface area contributed by atoms with E-state index in [-0.39, 0.29) is 11.3 Å². The summed E-state index contributed by atoms with van der Waals surface area (Å²) in [6, 6.07) is 4.07. The second-order valence-corrected chi connectivity index (χ2v) is 6.10. The van der Waals surface area contributed by atoms with Crippen LogP contribution in [0.25, 0.3) is 10.9 Å². The van der Waals surface area contributed by atoms with Crippen molar-refractivity contribution in [3.05, 3.63) is 35.8 Å². The molecule has 0 saturated heterocycles. The van der Waals surface area contributed by atoms with E-state index in [1.165, 1.54) is 0 Å². The van der Waals surface area contributed by atoms with Gasteiger partial charge in [0.2, 0.25) is 5.91 Å². The summed E-state index contributed by atoms with van der Waals surface area (Å²) >= 11 is 0. The van der Waals surface area contributed by atoms with Gasteiger partial charge in [-0.15, -0.1) is 0 Å². The van der Waals surface area contributed by atoms with E-state index in [0.717, 1.165) is 22.2 Å². The number of carbonyl (C=O) groups is 1. The Kier molecular flexibility index (Phi) is 4.53. The molecule has 0 aliphatic carbocycles. The Labute approximate surface area is 125 Å². The fourth-order valence-corrected chi connectivity index (χ4v) is 2.16. The van der Waals surface area contributed by atoms with E-state index in [4.69, 9.17) is 0 Å². The molecule has 0 radical (unpaired) electrons. The van der Waals surface area contributed by atoms with E-state index in [0.29, 0.717) is 13.1 Å². The van der Waals surface area contributed by atoms with Gasteiger partial charge in [-0.3, -0.25) is 14.8 Å². The minimum atomic E-state index is -0.0362. The zero-order valence-electron chi connectivity index (χ0n) is 13.0. The summed E-state index contributed by atoms with van der Waals surface area (Å²) in [6.07, 6.45) is 3.67. The minimum Gasteiger partial charge on any atom is -0.358 e. The highest BCUT2D eigenvalue weighted by atomic mass is 16.1. The van der Waals surface area contributed by atoms with Crippen LogP contribution in [-0.2, 0) is 16.8 Å². The molecule has 2 rings (SSSR count). The molecule has 0 aliphatic heterocycles. The van der Waals surface area contributed by atoms with Gasteiger partial charge < -0.3 is 10.6 Å². The van der Waals surface area contributed by atoms with E-state index >= 15 is 0 Å². The van der Waals surface area contributed by atoms with E-state index in [1.54, 1.807) is 7.05 Å². The quantitative estimate of drug-likeness (QED) is 0.899. The smallest absolute Gasteiger partial charge is 0.233 e. The Morgan fingerprint density at radius 3 is 2.71 bits per heavy atom. The van der Waals surface area contributed by atoms with Crippen molar-refractivity contribution in [3.63, 3.8) is 0 Å². The number of nitrogens with zero attached hydrogens (tertiary/aromatic N) is 2. The second-order valence-electron chi connectivity index (χ2n) is 6.10. The summed E-state index contributed by atoms with van der Waals surface area (Å²) in [5.41, 5.74) is 2.97. The van der Waals surface area contributed by atoms with Crippen molar-refractivity contribution in [2.45, 2.75) is 32.7 Å². The molecule has 2 N–H and O–H groups in total. The van der Waals surface area contributed by atoms with Crippen LogP contribution in [0.4, 0.5) is 0 Å². The molecule has 0 bridgehead atoms. The number of pyridine rings is 2. The van der Waals surface area contributed by atoms with Gasteiger partial charge in [-0.1, -0.05) is 20.8 Å². The van der Waals surface area contributed by atoms with Gasteiger partial charge in [-0.2, -0.15) is 0 Å². The fourth-order valence-electron chi connectivity index (χ4n) is 2.16. The number of carbonyl (C=O) groups excluding carboxylic acids is 1. The van der Waals surface area contributed by atoms with Gasteiger partial charge in [0.05, 0.1) is 17.8 Å². The Balaban J connectivity index is 2.21. The highest BCUT2D eigenvalue weighted by Gasteiger charge is 2.19. The number of fused-ring (bicyclic) bond motifs is 1.